The molecule has 35 heavy (non-hydrogen) atoms. The van der Waals surface area contributed by atoms with Gasteiger partial charge in [-0.15, -0.1) is 11.3 Å². The Hall–Kier alpha value is -2.94. The largest absolute Gasteiger partial charge is 0.467 e. The standard InChI is InChI=1S/C27H30N2O4S2/c1-18-6-4-5-7-22(18)24-14-19(12-20(16-30)13-21-15-28-17-35-21)8-9-23(24)26(31)29-25(10-11-34-3)27(32)33-2/h4-9,13-15,17,25,30H,10-12,16H2,1-3H3,(H,29,31)/b20-13-. The Morgan fingerprint density at radius 1 is 1.23 bits per heavy atom. The number of amides is 1. The van der Waals surface area contributed by atoms with Crippen molar-refractivity contribution in [2.24, 2.45) is 0 Å². The minimum absolute atomic E-state index is 0.0733. The molecule has 1 unspecified atom stereocenters. The van der Waals surface area contributed by atoms with Crippen LogP contribution in [0.3, 0.4) is 0 Å². The second-order valence-corrected chi connectivity index (χ2v) is 9.97. The van der Waals surface area contributed by atoms with E-state index in [0.29, 0.717) is 18.4 Å². The molecule has 3 rings (SSSR count). The van der Waals surface area contributed by atoms with E-state index in [0.717, 1.165) is 38.5 Å². The highest BCUT2D eigenvalue weighted by atomic mass is 32.2. The molecule has 0 radical (unpaired) electrons. The van der Waals surface area contributed by atoms with Crippen LogP contribution in [-0.2, 0) is 16.0 Å². The van der Waals surface area contributed by atoms with Crippen LogP contribution in [-0.4, -0.2) is 53.7 Å². The highest BCUT2D eigenvalue weighted by Gasteiger charge is 2.24. The van der Waals surface area contributed by atoms with Gasteiger partial charge >= 0.3 is 5.97 Å². The molecule has 8 heteroatoms. The number of ether oxygens (including phenoxy) is 1. The second kappa shape index (κ2) is 13.2. The third-order valence-electron chi connectivity index (χ3n) is 5.60. The zero-order valence-electron chi connectivity index (χ0n) is 20.1. The third kappa shape index (κ3) is 7.27. The van der Waals surface area contributed by atoms with Gasteiger partial charge in [0.2, 0.25) is 0 Å². The summed E-state index contributed by atoms with van der Waals surface area (Å²) in [7, 11) is 1.33. The van der Waals surface area contributed by atoms with Crippen LogP contribution in [0, 0.1) is 6.92 Å². The van der Waals surface area contributed by atoms with Gasteiger partial charge in [-0.25, -0.2) is 4.79 Å². The normalized spacial score (nSPS) is 12.3. The zero-order valence-corrected chi connectivity index (χ0v) is 21.7. The molecule has 0 bridgehead atoms. The molecule has 0 spiro atoms. The van der Waals surface area contributed by atoms with E-state index in [-0.39, 0.29) is 12.5 Å². The molecule has 0 saturated heterocycles. The number of aliphatic hydroxyl groups is 1. The summed E-state index contributed by atoms with van der Waals surface area (Å²) in [6, 6.07) is 12.8. The van der Waals surface area contributed by atoms with E-state index in [1.165, 1.54) is 18.4 Å². The van der Waals surface area contributed by atoms with E-state index >= 15 is 0 Å². The molecule has 1 aromatic heterocycles. The molecule has 1 heterocycles. The molecule has 0 saturated carbocycles. The average Bonchev–Trinajstić information content (AvgIpc) is 3.39. The van der Waals surface area contributed by atoms with Crippen LogP contribution in [0.2, 0.25) is 0 Å². The Kier molecular flexibility index (Phi) is 10.1. The van der Waals surface area contributed by atoms with Crippen LogP contribution in [0.4, 0.5) is 0 Å². The lowest BCUT2D eigenvalue weighted by Gasteiger charge is -2.19. The van der Waals surface area contributed by atoms with Crippen LogP contribution in [0.15, 0.2) is 59.7 Å². The van der Waals surface area contributed by atoms with Crippen molar-refractivity contribution in [2.75, 3.05) is 25.7 Å². The number of hydrogen-bond acceptors (Lipinski definition) is 7. The third-order valence-corrected chi connectivity index (χ3v) is 6.96. The summed E-state index contributed by atoms with van der Waals surface area (Å²) in [6.45, 7) is 1.93. The zero-order chi connectivity index (χ0) is 25.2. The molecule has 1 amide bonds. The Labute approximate surface area is 214 Å². The molecule has 2 N–H and O–H groups in total. The fraction of sp³-hybridized carbons (Fsp3) is 0.296. The summed E-state index contributed by atoms with van der Waals surface area (Å²) >= 11 is 3.12. The summed E-state index contributed by atoms with van der Waals surface area (Å²) < 4.78 is 4.90. The fourth-order valence-corrected chi connectivity index (χ4v) is 4.84. The second-order valence-electron chi connectivity index (χ2n) is 8.07. The smallest absolute Gasteiger partial charge is 0.328 e. The highest BCUT2D eigenvalue weighted by molar-refractivity contribution is 7.98. The van der Waals surface area contributed by atoms with Crippen LogP contribution in [0.1, 0.15) is 32.8 Å². The number of carbonyl (C=O) groups excluding carboxylic acids is 2. The number of aromatic nitrogens is 1. The Morgan fingerprint density at radius 3 is 2.69 bits per heavy atom. The lowest BCUT2D eigenvalue weighted by molar-refractivity contribution is -0.142. The van der Waals surface area contributed by atoms with Crippen molar-refractivity contribution in [3.63, 3.8) is 0 Å². The van der Waals surface area contributed by atoms with Gasteiger partial charge in [0.25, 0.3) is 5.91 Å². The lowest BCUT2D eigenvalue weighted by atomic mass is 9.92. The number of methoxy groups -OCH3 is 1. The first-order valence-corrected chi connectivity index (χ1v) is 13.5. The predicted molar refractivity (Wildman–Crippen MR) is 144 cm³/mol. The van der Waals surface area contributed by atoms with E-state index in [2.05, 4.69) is 10.3 Å². The van der Waals surface area contributed by atoms with E-state index in [9.17, 15) is 14.7 Å². The maximum Gasteiger partial charge on any atom is 0.328 e. The van der Waals surface area contributed by atoms with Crippen molar-refractivity contribution in [3.8, 4) is 11.1 Å². The molecule has 0 aliphatic carbocycles. The first-order valence-electron chi connectivity index (χ1n) is 11.2. The van der Waals surface area contributed by atoms with Gasteiger partial charge in [-0.3, -0.25) is 9.78 Å². The minimum atomic E-state index is -0.715. The van der Waals surface area contributed by atoms with Gasteiger partial charge in [0, 0.05) is 16.6 Å². The number of rotatable bonds is 11. The number of carbonyl (C=O) groups is 2. The predicted octanol–water partition coefficient (Wildman–Crippen LogP) is 4.76. The summed E-state index contributed by atoms with van der Waals surface area (Å²) in [6.07, 6.45) is 6.68. The van der Waals surface area contributed by atoms with E-state index in [1.54, 1.807) is 29.5 Å². The van der Waals surface area contributed by atoms with Crippen molar-refractivity contribution in [1.29, 1.82) is 0 Å². The van der Waals surface area contributed by atoms with Gasteiger partial charge in [-0.05, 0) is 71.7 Å². The number of aryl methyl sites for hydroxylation is 1. The van der Waals surface area contributed by atoms with Crippen LogP contribution < -0.4 is 5.32 Å². The van der Waals surface area contributed by atoms with Crippen molar-refractivity contribution < 1.29 is 19.4 Å². The molecule has 3 aromatic rings. The van der Waals surface area contributed by atoms with Crippen molar-refractivity contribution >= 4 is 41.1 Å². The molecule has 0 fully saturated rings. The number of esters is 1. The molecule has 184 valence electrons. The summed E-state index contributed by atoms with van der Waals surface area (Å²) in [5.41, 5.74) is 6.82. The minimum Gasteiger partial charge on any atom is -0.467 e. The number of benzene rings is 2. The number of thioether (sulfide) groups is 1. The van der Waals surface area contributed by atoms with Gasteiger partial charge in [-0.1, -0.05) is 36.4 Å². The SMILES string of the molecule is COC(=O)C(CCSC)NC(=O)c1ccc(C/C(=C/c2cncs2)CO)cc1-c1ccccc1C. The Balaban J connectivity index is 1.97. The molecule has 6 nitrogen and oxygen atoms in total. The van der Waals surface area contributed by atoms with Crippen LogP contribution in [0.5, 0.6) is 0 Å². The molecule has 0 aliphatic rings. The van der Waals surface area contributed by atoms with E-state index < -0.39 is 12.0 Å². The van der Waals surface area contributed by atoms with Crippen molar-refractivity contribution in [2.45, 2.75) is 25.8 Å². The number of thiazole rings is 1. The first kappa shape index (κ1) is 26.7. The number of nitrogens with zero attached hydrogens (tertiary/aromatic N) is 1. The number of hydrogen-bond donors (Lipinski definition) is 2. The van der Waals surface area contributed by atoms with Crippen LogP contribution >= 0.6 is 23.1 Å². The maximum absolute atomic E-state index is 13.4. The van der Waals surface area contributed by atoms with Crippen LogP contribution in [0.25, 0.3) is 17.2 Å². The van der Waals surface area contributed by atoms with Gasteiger partial charge < -0.3 is 15.2 Å². The number of nitrogens with one attached hydrogen (secondary N) is 1. The number of aliphatic hydroxyl groups excluding tert-OH is 1. The molecular weight excluding hydrogens is 480 g/mol. The average molecular weight is 511 g/mol. The summed E-state index contributed by atoms with van der Waals surface area (Å²) in [4.78, 5) is 30.7. The summed E-state index contributed by atoms with van der Waals surface area (Å²) in [5.74, 6) is -0.0595. The Bertz CT molecular complexity index is 1180. The van der Waals surface area contributed by atoms with Gasteiger partial charge in [-0.2, -0.15) is 11.8 Å². The van der Waals surface area contributed by atoms with Gasteiger partial charge in [0.05, 0.1) is 19.2 Å². The lowest BCUT2D eigenvalue weighted by Crippen LogP contribution is -2.42. The quantitative estimate of drug-likeness (QED) is 0.362. The first-order chi connectivity index (χ1) is 17.0. The monoisotopic (exact) mass is 510 g/mol. The highest BCUT2D eigenvalue weighted by Crippen LogP contribution is 2.29. The van der Waals surface area contributed by atoms with E-state index in [4.69, 9.17) is 4.74 Å². The van der Waals surface area contributed by atoms with Gasteiger partial charge in [0.15, 0.2) is 0 Å². The topological polar surface area (TPSA) is 88.5 Å². The van der Waals surface area contributed by atoms with E-state index in [1.807, 2.05) is 55.7 Å². The Morgan fingerprint density at radius 2 is 2.03 bits per heavy atom. The fourth-order valence-electron chi connectivity index (χ4n) is 3.77. The molecule has 1 atom stereocenters. The van der Waals surface area contributed by atoms with Crippen molar-refractivity contribution in [3.05, 3.63) is 81.3 Å². The maximum atomic E-state index is 13.4. The molecular formula is C27H30N2O4S2. The van der Waals surface area contributed by atoms with Crippen molar-refractivity contribution in [1.82, 2.24) is 10.3 Å². The van der Waals surface area contributed by atoms with Gasteiger partial charge in [0.1, 0.15) is 6.04 Å². The summed E-state index contributed by atoms with van der Waals surface area (Å²) in [5, 5.41) is 12.8. The molecule has 2 aromatic carbocycles. The molecule has 0 aliphatic heterocycles.